The van der Waals surface area contributed by atoms with E-state index in [1.165, 1.54) is 18.4 Å². The number of hydrogen-bond donors (Lipinski definition) is 0. The topological polar surface area (TPSA) is 32.8 Å². The first-order chi connectivity index (χ1) is 10.2. The van der Waals surface area contributed by atoms with Gasteiger partial charge in [-0.15, -0.1) is 0 Å². The van der Waals surface area contributed by atoms with Crippen molar-refractivity contribution < 1.29 is 9.53 Å². The molecule has 21 heavy (non-hydrogen) atoms. The van der Waals surface area contributed by atoms with E-state index in [-0.39, 0.29) is 12.0 Å². The van der Waals surface area contributed by atoms with Gasteiger partial charge in [0.05, 0.1) is 6.10 Å². The highest BCUT2D eigenvalue weighted by Gasteiger charge is 2.36. The van der Waals surface area contributed by atoms with Crippen molar-refractivity contribution >= 4 is 5.91 Å². The summed E-state index contributed by atoms with van der Waals surface area (Å²) in [7, 11) is 2.23. The lowest BCUT2D eigenvalue weighted by molar-refractivity contribution is -0.130. The molecule has 3 atom stereocenters. The highest BCUT2D eigenvalue weighted by Crippen LogP contribution is 2.37. The van der Waals surface area contributed by atoms with E-state index in [1.54, 1.807) is 0 Å². The summed E-state index contributed by atoms with van der Waals surface area (Å²) in [6.07, 6.45) is 9.08. The molecule has 0 saturated carbocycles. The monoisotopic (exact) mass is 292 g/mol. The molecule has 3 aliphatic rings. The van der Waals surface area contributed by atoms with Crippen molar-refractivity contribution in [1.82, 2.24) is 9.80 Å². The van der Waals surface area contributed by atoms with Crippen LogP contribution in [0.4, 0.5) is 0 Å². The number of carbonyl (C=O) groups excluding carboxylic acids is 1. The number of rotatable bonds is 3. The largest absolute Gasteiger partial charge is 0.377 e. The van der Waals surface area contributed by atoms with Crippen LogP contribution in [0.2, 0.25) is 0 Å². The Hall–Kier alpha value is -0.870. The maximum absolute atomic E-state index is 12.5. The van der Waals surface area contributed by atoms with Crippen molar-refractivity contribution in [3.63, 3.8) is 0 Å². The summed E-state index contributed by atoms with van der Waals surface area (Å²) in [5.74, 6) is 0.207. The predicted octanol–water partition coefficient (Wildman–Crippen LogP) is 2.20. The minimum absolute atomic E-state index is 0.207. The minimum atomic E-state index is 0.207. The second kappa shape index (κ2) is 6.49. The van der Waals surface area contributed by atoms with Crippen molar-refractivity contribution in [2.45, 2.75) is 63.6 Å². The summed E-state index contributed by atoms with van der Waals surface area (Å²) in [6.45, 7) is 4.42. The molecule has 0 aromatic heterocycles. The van der Waals surface area contributed by atoms with Gasteiger partial charge in [0, 0.05) is 37.9 Å². The number of hydrogen-bond acceptors (Lipinski definition) is 3. The number of amides is 1. The molecule has 0 spiro atoms. The third-order valence-corrected chi connectivity index (χ3v) is 5.40. The Morgan fingerprint density at radius 3 is 2.67 bits per heavy atom. The van der Waals surface area contributed by atoms with Crippen molar-refractivity contribution in [3.8, 4) is 0 Å². The van der Waals surface area contributed by atoms with Gasteiger partial charge in [0.15, 0.2) is 0 Å². The molecule has 3 fully saturated rings. The average molecular weight is 292 g/mol. The number of likely N-dealkylation sites (tertiary alicyclic amines) is 1. The molecule has 0 aromatic rings. The van der Waals surface area contributed by atoms with Gasteiger partial charge < -0.3 is 9.64 Å². The van der Waals surface area contributed by atoms with E-state index in [1.807, 2.05) is 17.9 Å². The van der Waals surface area contributed by atoms with Crippen LogP contribution in [-0.4, -0.2) is 60.6 Å². The van der Waals surface area contributed by atoms with Crippen LogP contribution in [0.3, 0.4) is 0 Å². The van der Waals surface area contributed by atoms with Crippen LogP contribution in [0.1, 0.15) is 45.4 Å². The Labute approximate surface area is 128 Å². The van der Waals surface area contributed by atoms with Crippen LogP contribution in [0, 0.1) is 0 Å². The molecule has 0 radical (unpaired) electrons. The first-order valence-electron chi connectivity index (χ1n) is 8.49. The summed E-state index contributed by atoms with van der Waals surface area (Å²) in [4.78, 5) is 17.0. The van der Waals surface area contributed by atoms with Gasteiger partial charge in [0.1, 0.15) is 0 Å². The SMILES string of the molecule is CCOC1CCCN(C(=O)C=C2CC3CCC(C2)N3C)C1. The minimum Gasteiger partial charge on any atom is -0.377 e. The van der Waals surface area contributed by atoms with Gasteiger partial charge in [0.2, 0.25) is 5.91 Å². The third-order valence-electron chi connectivity index (χ3n) is 5.40. The van der Waals surface area contributed by atoms with Gasteiger partial charge in [-0.1, -0.05) is 5.57 Å². The van der Waals surface area contributed by atoms with E-state index < -0.39 is 0 Å². The van der Waals surface area contributed by atoms with E-state index in [9.17, 15) is 4.79 Å². The molecule has 1 amide bonds. The molecular weight excluding hydrogens is 264 g/mol. The Bertz CT molecular complexity index is 403. The molecule has 0 N–H and O–H groups in total. The van der Waals surface area contributed by atoms with Crippen LogP contribution in [0.25, 0.3) is 0 Å². The van der Waals surface area contributed by atoms with Crippen LogP contribution in [0.5, 0.6) is 0 Å². The fourth-order valence-electron chi connectivity index (χ4n) is 4.16. The molecule has 3 rings (SSSR count). The zero-order valence-electron chi connectivity index (χ0n) is 13.4. The van der Waals surface area contributed by atoms with E-state index >= 15 is 0 Å². The molecule has 4 heteroatoms. The average Bonchev–Trinajstić information content (AvgIpc) is 2.70. The smallest absolute Gasteiger partial charge is 0.246 e. The van der Waals surface area contributed by atoms with E-state index in [4.69, 9.17) is 4.74 Å². The number of carbonyl (C=O) groups is 1. The van der Waals surface area contributed by atoms with Crippen molar-refractivity contribution in [2.75, 3.05) is 26.7 Å². The molecule has 2 bridgehead atoms. The molecule has 3 heterocycles. The van der Waals surface area contributed by atoms with Gasteiger partial charge in [-0.3, -0.25) is 9.69 Å². The lowest BCUT2D eigenvalue weighted by atomic mass is 9.96. The van der Waals surface area contributed by atoms with Crippen LogP contribution < -0.4 is 0 Å². The summed E-state index contributed by atoms with van der Waals surface area (Å²) in [5.41, 5.74) is 1.36. The van der Waals surface area contributed by atoms with Gasteiger partial charge >= 0.3 is 0 Å². The number of piperidine rings is 2. The Kier molecular flexibility index (Phi) is 4.65. The fourth-order valence-corrected chi connectivity index (χ4v) is 4.16. The Morgan fingerprint density at radius 2 is 2.00 bits per heavy atom. The van der Waals surface area contributed by atoms with Crippen molar-refractivity contribution in [2.24, 2.45) is 0 Å². The standard InChI is InChI=1S/C17H28N2O2/c1-3-21-16-5-4-8-19(12-16)17(20)11-13-9-14-6-7-15(10-13)18(14)2/h11,14-16H,3-10,12H2,1-2H3. The molecule has 118 valence electrons. The van der Waals surface area contributed by atoms with Gasteiger partial charge in [0.25, 0.3) is 0 Å². The summed E-state index contributed by atoms with van der Waals surface area (Å²) >= 11 is 0. The molecule has 3 aliphatic heterocycles. The number of ether oxygens (including phenoxy) is 1. The maximum Gasteiger partial charge on any atom is 0.246 e. The second-order valence-electron chi connectivity index (χ2n) is 6.77. The predicted molar refractivity (Wildman–Crippen MR) is 83.1 cm³/mol. The summed E-state index contributed by atoms with van der Waals surface area (Å²) in [6, 6.07) is 1.33. The fraction of sp³-hybridized carbons (Fsp3) is 0.824. The summed E-state index contributed by atoms with van der Waals surface area (Å²) < 4.78 is 5.69. The normalized spacial score (nSPS) is 33.3. The molecular formula is C17H28N2O2. The highest BCUT2D eigenvalue weighted by atomic mass is 16.5. The maximum atomic E-state index is 12.5. The van der Waals surface area contributed by atoms with Gasteiger partial charge in [-0.2, -0.15) is 0 Å². The molecule has 0 aliphatic carbocycles. The quantitative estimate of drug-likeness (QED) is 0.748. The molecule has 3 unspecified atom stereocenters. The van der Waals surface area contributed by atoms with Crippen LogP contribution >= 0.6 is 0 Å². The van der Waals surface area contributed by atoms with E-state index in [0.717, 1.165) is 45.4 Å². The lowest BCUT2D eigenvalue weighted by Crippen LogP contribution is -2.43. The lowest BCUT2D eigenvalue weighted by Gasteiger charge is -2.34. The van der Waals surface area contributed by atoms with E-state index in [2.05, 4.69) is 11.9 Å². The number of nitrogens with zero attached hydrogens (tertiary/aromatic N) is 2. The zero-order chi connectivity index (χ0) is 14.8. The molecule has 3 saturated heterocycles. The van der Waals surface area contributed by atoms with Crippen LogP contribution in [0.15, 0.2) is 11.6 Å². The molecule has 0 aromatic carbocycles. The first-order valence-corrected chi connectivity index (χ1v) is 8.49. The van der Waals surface area contributed by atoms with Gasteiger partial charge in [-0.25, -0.2) is 0 Å². The Balaban J connectivity index is 1.59. The second-order valence-corrected chi connectivity index (χ2v) is 6.77. The Morgan fingerprint density at radius 1 is 1.29 bits per heavy atom. The third kappa shape index (κ3) is 3.32. The summed E-state index contributed by atoms with van der Waals surface area (Å²) in [5, 5.41) is 0. The highest BCUT2D eigenvalue weighted by molar-refractivity contribution is 5.88. The van der Waals surface area contributed by atoms with Gasteiger partial charge in [-0.05, 0) is 52.5 Å². The van der Waals surface area contributed by atoms with E-state index in [0.29, 0.717) is 12.1 Å². The van der Waals surface area contributed by atoms with Crippen molar-refractivity contribution in [3.05, 3.63) is 11.6 Å². The zero-order valence-corrected chi connectivity index (χ0v) is 13.4. The van der Waals surface area contributed by atoms with Crippen molar-refractivity contribution in [1.29, 1.82) is 0 Å². The number of fused-ring (bicyclic) bond motifs is 2. The molecule has 4 nitrogen and oxygen atoms in total. The van der Waals surface area contributed by atoms with Crippen LogP contribution in [-0.2, 0) is 9.53 Å². The first kappa shape index (κ1) is 15.0.